The van der Waals surface area contributed by atoms with E-state index in [0.29, 0.717) is 25.1 Å². The van der Waals surface area contributed by atoms with Crippen LogP contribution in [0.1, 0.15) is 23.3 Å². The number of amides is 1. The summed E-state index contributed by atoms with van der Waals surface area (Å²) >= 11 is 1.72. The fourth-order valence-corrected chi connectivity index (χ4v) is 4.10. The number of hydrogen-bond acceptors (Lipinski definition) is 3. The Balaban J connectivity index is 1.48. The fourth-order valence-electron chi connectivity index (χ4n) is 3.32. The zero-order valence-electron chi connectivity index (χ0n) is 14.9. The highest BCUT2D eigenvalue weighted by Gasteiger charge is 2.24. The van der Waals surface area contributed by atoms with Gasteiger partial charge >= 0.3 is 0 Å². The fraction of sp³-hybridized carbons (Fsp3) is 0.450. The SMILES string of the molecule is O=C(C[NH+](Cc1cccs1)C[C@@H]1CCCO1)NCCc1ccccc1F. The number of thiophene rings is 1. The highest BCUT2D eigenvalue weighted by atomic mass is 32.1. The van der Waals surface area contributed by atoms with Crippen LogP contribution in [0.5, 0.6) is 0 Å². The van der Waals surface area contributed by atoms with Crippen molar-refractivity contribution in [2.75, 3.05) is 26.2 Å². The van der Waals surface area contributed by atoms with E-state index in [1.807, 2.05) is 12.1 Å². The first kappa shape index (κ1) is 19.0. The van der Waals surface area contributed by atoms with Crippen molar-refractivity contribution in [3.63, 3.8) is 0 Å². The predicted molar refractivity (Wildman–Crippen MR) is 101 cm³/mol. The average Bonchev–Trinajstić information content (AvgIpc) is 3.30. The van der Waals surface area contributed by atoms with E-state index < -0.39 is 0 Å². The molecule has 3 rings (SSSR count). The maximum absolute atomic E-state index is 13.6. The van der Waals surface area contributed by atoms with Crippen LogP contribution in [0.4, 0.5) is 4.39 Å². The molecular weight excluding hydrogens is 351 g/mol. The van der Waals surface area contributed by atoms with Crippen molar-refractivity contribution < 1.29 is 18.8 Å². The molecule has 1 unspecified atom stereocenters. The summed E-state index contributed by atoms with van der Waals surface area (Å²) in [6.45, 7) is 3.36. The zero-order chi connectivity index (χ0) is 18.2. The van der Waals surface area contributed by atoms with Crippen molar-refractivity contribution in [3.05, 3.63) is 58.0 Å². The van der Waals surface area contributed by atoms with Crippen molar-refractivity contribution in [1.29, 1.82) is 0 Å². The Hall–Kier alpha value is -1.76. The Morgan fingerprint density at radius 2 is 2.19 bits per heavy atom. The summed E-state index contributed by atoms with van der Waals surface area (Å²) in [6, 6.07) is 10.8. The summed E-state index contributed by atoms with van der Waals surface area (Å²) < 4.78 is 19.4. The van der Waals surface area contributed by atoms with Crippen LogP contribution in [0.15, 0.2) is 41.8 Å². The number of rotatable bonds is 9. The number of nitrogens with one attached hydrogen (secondary N) is 2. The lowest BCUT2D eigenvalue weighted by Crippen LogP contribution is -3.13. The molecule has 2 N–H and O–H groups in total. The van der Waals surface area contributed by atoms with Gasteiger partial charge in [-0.3, -0.25) is 4.79 Å². The van der Waals surface area contributed by atoms with E-state index in [1.54, 1.807) is 23.5 Å². The van der Waals surface area contributed by atoms with Crippen molar-refractivity contribution in [1.82, 2.24) is 5.32 Å². The second kappa shape index (κ2) is 9.80. The standard InChI is InChI=1S/C20H25FN2O2S/c21-19-8-2-1-5-16(19)9-10-22-20(24)15-23(13-17-6-3-11-25-17)14-18-7-4-12-26-18/h1-2,4-5,7-8,12,17H,3,6,9-11,13-15H2,(H,22,24)/p+1/t17-/m0/s1. The summed E-state index contributed by atoms with van der Waals surface area (Å²) in [6.07, 6.45) is 2.93. The largest absolute Gasteiger partial charge is 0.372 e. The van der Waals surface area contributed by atoms with Crippen LogP contribution in [-0.4, -0.2) is 38.3 Å². The molecule has 2 heterocycles. The molecule has 6 heteroatoms. The lowest BCUT2D eigenvalue weighted by atomic mass is 10.1. The van der Waals surface area contributed by atoms with Gasteiger partial charge in [-0.2, -0.15) is 0 Å². The van der Waals surface area contributed by atoms with Gasteiger partial charge in [0.05, 0.1) is 4.88 Å². The molecule has 1 aromatic heterocycles. The van der Waals surface area contributed by atoms with Crippen LogP contribution in [0.2, 0.25) is 0 Å². The van der Waals surface area contributed by atoms with Crippen LogP contribution in [0, 0.1) is 5.82 Å². The summed E-state index contributed by atoms with van der Waals surface area (Å²) in [5, 5.41) is 4.99. The van der Waals surface area contributed by atoms with Crippen molar-refractivity contribution >= 4 is 17.2 Å². The molecule has 0 bridgehead atoms. The first-order valence-corrected chi connectivity index (χ1v) is 10.1. The molecule has 1 aromatic carbocycles. The Labute approximate surface area is 158 Å². The van der Waals surface area contributed by atoms with E-state index in [4.69, 9.17) is 4.74 Å². The lowest BCUT2D eigenvalue weighted by molar-refractivity contribution is -0.908. The van der Waals surface area contributed by atoms with Crippen molar-refractivity contribution in [2.24, 2.45) is 0 Å². The predicted octanol–water partition coefficient (Wildman–Crippen LogP) is 1.81. The number of halogens is 1. The van der Waals surface area contributed by atoms with Crippen LogP contribution in [0.25, 0.3) is 0 Å². The molecule has 1 aliphatic rings. The molecule has 4 nitrogen and oxygen atoms in total. The average molecular weight is 378 g/mol. The van der Waals surface area contributed by atoms with Crippen LogP contribution in [0.3, 0.4) is 0 Å². The second-order valence-electron chi connectivity index (χ2n) is 6.71. The lowest BCUT2D eigenvalue weighted by Gasteiger charge is -2.21. The third kappa shape index (κ3) is 5.90. The first-order chi connectivity index (χ1) is 12.7. The molecule has 0 spiro atoms. The third-order valence-corrected chi connectivity index (χ3v) is 5.51. The molecule has 1 amide bonds. The Morgan fingerprint density at radius 1 is 1.31 bits per heavy atom. The first-order valence-electron chi connectivity index (χ1n) is 9.18. The molecule has 1 aliphatic heterocycles. The van der Waals surface area contributed by atoms with Crippen LogP contribution < -0.4 is 10.2 Å². The Morgan fingerprint density at radius 3 is 2.92 bits per heavy atom. The number of benzene rings is 1. The maximum Gasteiger partial charge on any atom is 0.275 e. The number of carbonyl (C=O) groups excluding carboxylic acids is 1. The highest BCUT2D eigenvalue weighted by molar-refractivity contribution is 7.09. The molecule has 0 aliphatic carbocycles. The molecule has 26 heavy (non-hydrogen) atoms. The summed E-state index contributed by atoms with van der Waals surface area (Å²) in [5.41, 5.74) is 0.634. The summed E-state index contributed by atoms with van der Waals surface area (Å²) in [5.74, 6) is -0.212. The molecule has 0 saturated carbocycles. The molecule has 140 valence electrons. The quantitative estimate of drug-likeness (QED) is 0.700. The van der Waals surface area contributed by atoms with Gasteiger partial charge in [0.1, 0.15) is 25.0 Å². The highest BCUT2D eigenvalue weighted by Crippen LogP contribution is 2.11. The minimum absolute atomic E-state index is 0.00546. The van der Waals surface area contributed by atoms with Gasteiger partial charge in [0.15, 0.2) is 6.54 Å². The van der Waals surface area contributed by atoms with Crippen molar-refractivity contribution in [2.45, 2.75) is 31.9 Å². The molecule has 1 saturated heterocycles. The molecule has 2 aromatic rings. The van der Waals surface area contributed by atoms with Gasteiger partial charge in [-0.15, -0.1) is 11.3 Å². The Kier molecular flexibility index (Phi) is 7.17. The normalized spacial score (nSPS) is 18.0. The minimum Gasteiger partial charge on any atom is -0.372 e. The van der Waals surface area contributed by atoms with Gasteiger partial charge in [-0.05, 0) is 42.3 Å². The van der Waals surface area contributed by atoms with Gasteiger partial charge in [0.2, 0.25) is 0 Å². The number of quaternary nitrogens is 1. The topological polar surface area (TPSA) is 42.8 Å². The van der Waals surface area contributed by atoms with E-state index in [0.717, 1.165) is 32.5 Å². The molecule has 2 atom stereocenters. The number of carbonyl (C=O) groups is 1. The molecule has 1 fully saturated rings. The Bertz CT molecular complexity index is 687. The van der Waals surface area contributed by atoms with Crippen molar-refractivity contribution in [3.8, 4) is 0 Å². The van der Waals surface area contributed by atoms with E-state index in [2.05, 4.69) is 16.8 Å². The molecular formula is C20H26FN2O2S+. The van der Waals surface area contributed by atoms with E-state index in [-0.39, 0.29) is 17.8 Å². The second-order valence-corrected chi connectivity index (χ2v) is 7.75. The van der Waals surface area contributed by atoms with Crippen LogP contribution >= 0.6 is 11.3 Å². The minimum atomic E-state index is -0.218. The van der Waals surface area contributed by atoms with E-state index in [9.17, 15) is 9.18 Å². The zero-order valence-corrected chi connectivity index (χ0v) is 15.7. The molecule has 0 radical (unpaired) electrons. The van der Waals surface area contributed by atoms with Crippen LogP contribution in [-0.2, 0) is 22.5 Å². The third-order valence-electron chi connectivity index (χ3n) is 4.63. The van der Waals surface area contributed by atoms with Gasteiger partial charge in [-0.1, -0.05) is 24.3 Å². The number of hydrogen-bond donors (Lipinski definition) is 2. The summed E-state index contributed by atoms with van der Waals surface area (Å²) in [4.78, 5) is 14.9. The van der Waals surface area contributed by atoms with Gasteiger partial charge in [0.25, 0.3) is 5.91 Å². The maximum atomic E-state index is 13.6. The van der Waals surface area contributed by atoms with E-state index in [1.165, 1.54) is 15.8 Å². The number of ether oxygens (including phenoxy) is 1. The summed E-state index contributed by atoms with van der Waals surface area (Å²) in [7, 11) is 0. The smallest absolute Gasteiger partial charge is 0.275 e. The van der Waals surface area contributed by atoms with Gasteiger partial charge < -0.3 is 15.0 Å². The monoisotopic (exact) mass is 377 g/mol. The van der Waals surface area contributed by atoms with Gasteiger partial charge in [-0.25, -0.2) is 4.39 Å². The van der Waals surface area contributed by atoms with E-state index >= 15 is 0 Å². The van der Waals surface area contributed by atoms with Gasteiger partial charge in [0, 0.05) is 13.2 Å².